The van der Waals surface area contributed by atoms with E-state index >= 15 is 0 Å². The Kier molecular flexibility index (Phi) is 4.25. The number of likely N-dealkylation sites (tertiary alicyclic amines) is 1. The summed E-state index contributed by atoms with van der Waals surface area (Å²) in [5.41, 5.74) is 0.667. The second-order valence-electron chi connectivity index (χ2n) is 8.23. The summed E-state index contributed by atoms with van der Waals surface area (Å²) < 4.78 is 3.69. The maximum Gasteiger partial charge on any atom is 0.251 e. The average Bonchev–Trinajstić information content (AvgIpc) is 3.31. The summed E-state index contributed by atoms with van der Waals surface area (Å²) in [7, 11) is 0. The van der Waals surface area contributed by atoms with Gasteiger partial charge in [-0.2, -0.15) is 0 Å². The molecule has 152 valence electrons. The molecule has 0 unspecified atom stereocenters. The van der Waals surface area contributed by atoms with Crippen molar-refractivity contribution in [3.63, 3.8) is 0 Å². The van der Waals surface area contributed by atoms with Gasteiger partial charge < -0.3 is 14.8 Å². The summed E-state index contributed by atoms with van der Waals surface area (Å²) in [5.74, 6) is 1.49. The summed E-state index contributed by atoms with van der Waals surface area (Å²) >= 11 is 0. The third-order valence-corrected chi connectivity index (χ3v) is 6.47. The van der Waals surface area contributed by atoms with E-state index in [4.69, 9.17) is 0 Å². The zero-order chi connectivity index (χ0) is 20.1. The third kappa shape index (κ3) is 2.95. The Morgan fingerprint density at radius 3 is 2.93 bits per heavy atom. The van der Waals surface area contributed by atoms with Crippen LogP contribution in [0.2, 0.25) is 0 Å². The maximum absolute atomic E-state index is 13.3. The molecule has 2 bridgehead atoms. The number of fused-ring (bicyclic) bond motifs is 5. The minimum absolute atomic E-state index is 0.00427. The first-order chi connectivity index (χ1) is 14.0. The van der Waals surface area contributed by atoms with Gasteiger partial charge in [0.05, 0.1) is 6.54 Å². The molecule has 0 aliphatic carbocycles. The van der Waals surface area contributed by atoms with Crippen LogP contribution in [0.25, 0.3) is 0 Å². The maximum atomic E-state index is 13.3. The molecule has 1 saturated heterocycles. The first kappa shape index (κ1) is 18.1. The zero-order valence-electron chi connectivity index (χ0n) is 16.4. The van der Waals surface area contributed by atoms with E-state index in [1.807, 2.05) is 6.07 Å². The van der Waals surface area contributed by atoms with Gasteiger partial charge in [0, 0.05) is 56.6 Å². The molecule has 3 aliphatic rings. The number of carbonyl (C=O) groups excluding carboxylic acids is 2. The molecule has 9 heteroatoms. The number of nitrogens with zero attached hydrogens (tertiary/aromatic N) is 5. The van der Waals surface area contributed by atoms with Crippen LogP contribution in [0, 0.1) is 5.92 Å². The van der Waals surface area contributed by atoms with E-state index in [-0.39, 0.29) is 35.8 Å². The zero-order valence-corrected chi connectivity index (χ0v) is 16.4. The fourth-order valence-corrected chi connectivity index (χ4v) is 5.14. The first-order valence-corrected chi connectivity index (χ1v) is 10.2. The molecule has 2 amide bonds. The monoisotopic (exact) mass is 396 g/mol. The molecule has 1 N–H and O–H groups in total. The summed E-state index contributed by atoms with van der Waals surface area (Å²) in [4.78, 5) is 39.8. The number of aryl methyl sites for hydroxylation is 1. The van der Waals surface area contributed by atoms with Crippen LogP contribution in [-0.2, 0) is 29.1 Å². The van der Waals surface area contributed by atoms with E-state index in [0.29, 0.717) is 13.1 Å². The normalized spacial score (nSPS) is 24.7. The lowest BCUT2D eigenvalue weighted by molar-refractivity contribution is -0.135. The summed E-state index contributed by atoms with van der Waals surface area (Å²) in [5, 5.41) is 11.3. The summed E-state index contributed by atoms with van der Waals surface area (Å²) in [6.45, 7) is 3.80. The Balaban J connectivity index is 1.44. The molecule has 0 saturated carbocycles. The van der Waals surface area contributed by atoms with Crippen molar-refractivity contribution < 1.29 is 9.59 Å². The number of rotatable bonds is 3. The van der Waals surface area contributed by atoms with Gasteiger partial charge in [0.15, 0.2) is 5.82 Å². The highest BCUT2D eigenvalue weighted by Gasteiger charge is 2.44. The number of carbonyl (C=O) groups is 2. The Bertz CT molecular complexity index is 1040. The highest BCUT2D eigenvalue weighted by molar-refractivity contribution is 5.81. The molecule has 0 spiro atoms. The Morgan fingerprint density at radius 1 is 1.24 bits per heavy atom. The van der Waals surface area contributed by atoms with Crippen molar-refractivity contribution >= 4 is 11.8 Å². The molecule has 3 atom stereocenters. The summed E-state index contributed by atoms with van der Waals surface area (Å²) in [6.07, 6.45) is 2.75. The quantitative estimate of drug-likeness (QED) is 0.799. The highest BCUT2D eigenvalue weighted by atomic mass is 16.2. The van der Waals surface area contributed by atoms with Gasteiger partial charge in [0.25, 0.3) is 5.56 Å². The lowest BCUT2D eigenvalue weighted by atomic mass is 9.78. The van der Waals surface area contributed by atoms with Gasteiger partial charge in [-0.15, -0.1) is 10.2 Å². The van der Waals surface area contributed by atoms with Gasteiger partial charge in [-0.25, -0.2) is 0 Å². The van der Waals surface area contributed by atoms with Crippen molar-refractivity contribution in [3.8, 4) is 0 Å². The van der Waals surface area contributed by atoms with E-state index in [9.17, 15) is 14.4 Å². The predicted molar refractivity (Wildman–Crippen MR) is 103 cm³/mol. The molecule has 0 aromatic carbocycles. The number of aromatic nitrogens is 4. The molecular formula is C20H24N6O3. The lowest BCUT2D eigenvalue weighted by Gasteiger charge is -2.46. The number of amides is 2. The third-order valence-electron chi connectivity index (χ3n) is 6.47. The Hall–Kier alpha value is -2.97. The molecule has 0 radical (unpaired) electrons. The Morgan fingerprint density at radius 2 is 2.10 bits per heavy atom. The van der Waals surface area contributed by atoms with Crippen molar-refractivity contribution in [1.29, 1.82) is 0 Å². The molecule has 5 heterocycles. The van der Waals surface area contributed by atoms with E-state index in [1.165, 1.54) is 6.07 Å². The summed E-state index contributed by atoms with van der Waals surface area (Å²) in [6, 6.07) is 4.50. The SMILES string of the molecule is CC(=O)N1C[C@H]2C[C@@H](C1)[C@H](C(=O)NCc1nnc3n1CCC3)n1c2cccc1=O. The van der Waals surface area contributed by atoms with Crippen molar-refractivity contribution in [1.82, 2.24) is 29.5 Å². The van der Waals surface area contributed by atoms with Crippen LogP contribution in [0.5, 0.6) is 0 Å². The molecule has 9 nitrogen and oxygen atoms in total. The molecule has 1 fully saturated rings. The largest absolute Gasteiger partial charge is 0.347 e. The topological polar surface area (TPSA) is 102 Å². The number of hydrogen-bond donors (Lipinski definition) is 1. The van der Waals surface area contributed by atoms with Crippen molar-refractivity contribution in [2.45, 2.75) is 51.2 Å². The van der Waals surface area contributed by atoms with Crippen molar-refractivity contribution in [2.24, 2.45) is 5.92 Å². The van der Waals surface area contributed by atoms with E-state index < -0.39 is 6.04 Å². The van der Waals surface area contributed by atoms with Crippen LogP contribution >= 0.6 is 0 Å². The van der Waals surface area contributed by atoms with Gasteiger partial charge in [-0.05, 0) is 18.9 Å². The van der Waals surface area contributed by atoms with Crippen LogP contribution in [0.1, 0.15) is 49.1 Å². The molecule has 3 aliphatic heterocycles. The number of nitrogens with one attached hydrogen (secondary N) is 1. The smallest absolute Gasteiger partial charge is 0.251 e. The van der Waals surface area contributed by atoms with Crippen LogP contribution in [0.15, 0.2) is 23.0 Å². The molecule has 29 heavy (non-hydrogen) atoms. The predicted octanol–water partition coefficient (Wildman–Crippen LogP) is 0.209. The number of piperidine rings is 1. The van der Waals surface area contributed by atoms with Crippen LogP contribution in [0.4, 0.5) is 0 Å². The molecule has 2 aromatic heterocycles. The highest BCUT2D eigenvalue weighted by Crippen LogP contribution is 2.41. The van der Waals surface area contributed by atoms with Gasteiger partial charge >= 0.3 is 0 Å². The number of hydrogen-bond acceptors (Lipinski definition) is 5. The van der Waals surface area contributed by atoms with Crippen molar-refractivity contribution in [2.75, 3.05) is 13.1 Å². The first-order valence-electron chi connectivity index (χ1n) is 10.2. The van der Waals surface area contributed by atoms with Gasteiger partial charge in [0.2, 0.25) is 11.8 Å². The molecule has 5 rings (SSSR count). The number of pyridine rings is 1. The average molecular weight is 396 g/mol. The fraction of sp³-hybridized carbons (Fsp3) is 0.550. The minimum Gasteiger partial charge on any atom is -0.347 e. The Labute approximate surface area is 167 Å². The molecule has 2 aromatic rings. The van der Waals surface area contributed by atoms with E-state index in [0.717, 1.165) is 43.1 Å². The van der Waals surface area contributed by atoms with E-state index in [1.54, 1.807) is 22.5 Å². The standard InChI is InChI=1S/C20H24N6O3/c1-12(27)24-10-13-8-14(11-24)19(26-15(13)4-2-6-18(26)28)20(29)21-9-17-23-22-16-5-3-7-25(16)17/h2,4,6,13-14,19H,3,5,7-11H2,1H3,(H,21,29)/t13-,14+,19-/m1/s1. The van der Waals surface area contributed by atoms with Crippen molar-refractivity contribution in [3.05, 3.63) is 45.9 Å². The lowest BCUT2D eigenvalue weighted by Crippen LogP contribution is -2.54. The second kappa shape index (κ2) is 6.82. The van der Waals surface area contributed by atoms with Gasteiger partial charge in [-0.3, -0.25) is 19.0 Å². The fourth-order valence-electron chi connectivity index (χ4n) is 5.14. The van der Waals surface area contributed by atoms with Crippen LogP contribution < -0.4 is 10.9 Å². The molecular weight excluding hydrogens is 372 g/mol. The minimum atomic E-state index is -0.627. The second-order valence-corrected chi connectivity index (χ2v) is 8.23. The van der Waals surface area contributed by atoms with E-state index in [2.05, 4.69) is 20.1 Å². The van der Waals surface area contributed by atoms with Gasteiger partial charge in [0.1, 0.15) is 11.9 Å². The van der Waals surface area contributed by atoms with Crippen LogP contribution in [0.3, 0.4) is 0 Å². The van der Waals surface area contributed by atoms with Gasteiger partial charge in [-0.1, -0.05) is 6.07 Å². The van der Waals surface area contributed by atoms with Crippen LogP contribution in [-0.4, -0.2) is 49.1 Å².